The van der Waals surface area contributed by atoms with Crippen molar-refractivity contribution in [2.75, 3.05) is 6.61 Å². The average Bonchev–Trinajstić information content (AvgIpc) is 2.35. The quantitative estimate of drug-likeness (QED) is 0.819. The SMILES string of the molecule is O=C(O)CC(=O)COc1ccc2ccccc2c1. The second-order valence-electron chi connectivity index (χ2n) is 3.91. The molecule has 0 aliphatic carbocycles. The van der Waals surface area contributed by atoms with Crippen LogP contribution in [0.15, 0.2) is 42.5 Å². The molecule has 0 bridgehead atoms. The predicted molar refractivity (Wildman–Crippen MR) is 66.7 cm³/mol. The fraction of sp³-hybridized carbons (Fsp3) is 0.143. The van der Waals surface area contributed by atoms with Gasteiger partial charge in [-0.2, -0.15) is 0 Å². The van der Waals surface area contributed by atoms with Gasteiger partial charge in [-0.15, -0.1) is 0 Å². The van der Waals surface area contributed by atoms with Crippen molar-refractivity contribution in [1.29, 1.82) is 0 Å². The van der Waals surface area contributed by atoms with E-state index in [2.05, 4.69) is 0 Å². The number of fused-ring (bicyclic) bond motifs is 1. The lowest BCUT2D eigenvalue weighted by molar-refractivity contribution is -0.140. The number of carboxylic acids is 1. The summed E-state index contributed by atoms with van der Waals surface area (Å²) in [4.78, 5) is 21.5. The molecule has 0 fully saturated rings. The lowest BCUT2D eigenvalue weighted by atomic mass is 10.1. The van der Waals surface area contributed by atoms with Crippen LogP contribution in [0.1, 0.15) is 6.42 Å². The lowest BCUT2D eigenvalue weighted by Crippen LogP contribution is -2.15. The fourth-order valence-electron chi connectivity index (χ4n) is 1.64. The molecular weight excluding hydrogens is 232 g/mol. The molecule has 18 heavy (non-hydrogen) atoms. The molecule has 0 saturated carbocycles. The zero-order valence-corrected chi connectivity index (χ0v) is 9.63. The van der Waals surface area contributed by atoms with Gasteiger partial charge in [0.25, 0.3) is 0 Å². The van der Waals surface area contributed by atoms with Crippen molar-refractivity contribution >= 4 is 22.5 Å². The first-order valence-corrected chi connectivity index (χ1v) is 5.50. The van der Waals surface area contributed by atoms with E-state index >= 15 is 0 Å². The van der Waals surface area contributed by atoms with Gasteiger partial charge in [0.1, 0.15) is 18.8 Å². The number of ketones is 1. The number of carbonyl (C=O) groups is 2. The highest BCUT2D eigenvalue weighted by Gasteiger charge is 2.08. The van der Waals surface area contributed by atoms with Gasteiger partial charge in [0.15, 0.2) is 5.78 Å². The summed E-state index contributed by atoms with van der Waals surface area (Å²) in [6, 6.07) is 13.3. The van der Waals surface area contributed by atoms with Gasteiger partial charge in [-0.1, -0.05) is 30.3 Å². The van der Waals surface area contributed by atoms with Crippen molar-refractivity contribution in [1.82, 2.24) is 0 Å². The molecule has 92 valence electrons. The van der Waals surface area contributed by atoms with Crippen LogP contribution < -0.4 is 4.74 Å². The van der Waals surface area contributed by atoms with Gasteiger partial charge >= 0.3 is 5.97 Å². The summed E-state index contributed by atoms with van der Waals surface area (Å²) in [7, 11) is 0. The standard InChI is InChI=1S/C14H12O4/c15-12(8-14(16)17)9-18-13-6-5-10-3-1-2-4-11(10)7-13/h1-7H,8-9H2,(H,16,17). The Morgan fingerprint density at radius 2 is 1.78 bits per heavy atom. The molecule has 0 aromatic heterocycles. The summed E-state index contributed by atoms with van der Waals surface area (Å²) in [6.07, 6.45) is -0.506. The summed E-state index contributed by atoms with van der Waals surface area (Å²) in [5.74, 6) is -1.02. The monoisotopic (exact) mass is 244 g/mol. The van der Waals surface area contributed by atoms with Gasteiger partial charge in [0.2, 0.25) is 0 Å². The molecule has 0 saturated heterocycles. The Labute approximate surface area is 104 Å². The summed E-state index contributed by atoms with van der Waals surface area (Å²) in [5, 5.41) is 10.5. The third-order valence-electron chi connectivity index (χ3n) is 2.47. The number of benzene rings is 2. The predicted octanol–water partition coefficient (Wildman–Crippen LogP) is 2.26. The molecule has 0 aliphatic rings. The third kappa shape index (κ3) is 3.07. The molecule has 0 atom stereocenters. The van der Waals surface area contributed by atoms with Crippen LogP contribution in [0, 0.1) is 0 Å². The minimum Gasteiger partial charge on any atom is -0.486 e. The van der Waals surface area contributed by atoms with E-state index in [9.17, 15) is 9.59 Å². The molecule has 2 aromatic carbocycles. The third-order valence-corrected chi connectivity index (χ3v) is 2.47. The smallest absolute Gasteiger partial charge is 0.311 e. The van der Waals surface area contributed by atoms with Crippen molar-refractivity contribution in [3.63, 3.8) is 0 Å². The minimum absolute atomic E-state index is 0.218. The highest BCUT2D eigenvalue weighted by Crippen LogP contribution is 2.20. The van der Waals surface area contributed by atoms with Crippen molar-refractivity contribution < 1.29 is 19.4 Å². The molecule has 0 spiro atoms. The maximum absolute atomic E-state index is 11.2. The first kappa shape index (κ1) is 12.1. The van der Waals surface area contributed by atoms with Crippen LogP contribution in [0.2, 0.25) is 0 Å². The molecule has 4 heteroatoms. The van der Waals surface area contributed by atoms with Gasteiger partial charge in [-0.3, -0.25) is 9.59 Å². The summed E-state index contributed by atoms with van der Waals surface area (Å²) in [5.41, 5.74) is 0. The van der Waals surface area contributed by atoms with Crippen LogP contribution in [-0.4, -0.2) is 23.5 Å². The van der Waals surface area contributed by atoms with E-state index in [-0.39, 0.29) is 6.61 Å². The number of hydrogen-bond acceptors (Lipinski definition) is 3. The van der Waals surface area contributed by atoms with Crippen molar-refractivity contribution in [3.05, 3.63) is 42.5 Å². The van der Waals surface area contributed by atoms with Crippen molar-refractivity contribution in [2.45, 2.75) is 6.42 Å². The Morgan fingerprint density at radius 1 is 1.06 bits per heavy atom. The van der Waals surface area contributed by atoms with Crippen molar-refractivity contribution in [3.8, 4) is 5.75 Å². The second kappa shape index (κ2) is 5.31. The number of Topliss-reactive ketones (excluding diaryl/α,β-unsaturated/α-hetero) is 1. The highest BCUT2D eigenvalue weighted by molar-refractivity contribution is 5.95. The van der Waals surface area contributed by atoms with Gasteiger partial charge in [0.05, 0.1) is 0 Å². The number of hydrogen-bond donors (Lipinski definition) is 1. The van der Waals surface area contributed by atoms with E-state index in [4.69, 9.17) is 9.84 Å². The molecule has 2 rings (SSSR count). The zero-order valence-electron chi connectivity index (χ0n) is 9.63. The molecule has 0 heterocycles. The van der Waals surface area contributed by atoms with E-state index in [0.717, 1.165) is 10.8 Å². The summed E-state index contributed by atoms with van der Waals surface area (Å²) >= 11 is 0. The number of aliphatic carboxylic acids is 1. The van der Waals surface area contributed by atoms with Crippen LogP contribution in [0.4, 0.5) is 0 Å². The van der Waals surface area contributed by atoms with Crippen LogP contribution >= 0.6 is 0 Å². The molecule has 2 aromatic rings. The normalized spacial score (nSPS) is 10.2. The maximum Gasteiger partial charge on any atom is 0.311 e. The average molecular weight is 244 g/mol. The molecule has 0 amide bonds. The topological polar surface area (TPSA) is 63.6 Å². The minimum atomic E-state index is -1.14. The second-order valence-corrected chi connectivity index (χ2v) is 3.91. The van der Waals surface area contributed by atoms with Crippen LogP contribution in [0.25, 0.3) is 10.8 Å². The molecule has 0 aliphatic heterocycles. The molecule has 0 radical (unpaired) electrons. The van der Waals surface area contributed by atoms with E-state index in [1.54, 1.807) is 6.07 Å². The maximum atomic E-state index is 11.2. The van der Waals surface area contributed by atoms with E-state index in [1.807, 2.05) is 36.4 Å². The van der Waals surface area contributed by atoms with E-state index < -0.39 is 18.2 Å². The van der Waals surface area contributed by atoms with Gasteiger partial charge in [-0.05, 0) is 22.9 Å². The fourth-order valence-corrected chi connectivity index (χ4v) is 1.64. The summed E-state index contributed by atoms with van der Waals surface area (Å²) in [6.45, 7) is -0.218. The Kier molecular flexibility index (Phi) is 3.57. The van der Waals surface area contributed by atoms with Crippen molar-refractivity contribution in [2.24, 2.45) is 0 Å². The molecule has 1 N–H and O–H groups in total. The summed E-state index contributed by atoms with van der Waals surface area (Å²) < 4.78 is 5.26. The first-order chi connectivity index (χ1) is 8.65. The number of rotatable bonds is 5. The van der Waals surface area contributed by atoms with Crippen LogP contribution in [-0.2, 0) is 9.59 Å². The van der Waals surface area contributed by atoms with Gasteiger partial charge < -0.3 is 9.84 Å². The van der Waals surface area contributed by atoms with Crippen LogP contribution in [0.5, 0.6) is 5.75 Å². The van der Waals surface area contributed by atoms with Gasteiger partial charge in [0, 0.05) is 0 Å². The highest BCUT2D eigenvalue weighted by atomic mass is 16.5. The number of carboxylic acid groups (broad SMARTS) is 1. The largest absolute Gasteiger partial charge is 0.486 e. The Hall–Kier alpha value is -2.36. The molecular formula is C14H12O4. The number of carbonyl (C=O) groups excluding carboxylic acids is 1. The van der Waals surface area contributed by atoms with E-state index in [1.165, 1.54) is 0 Å². The lowest BCUT2D eigenvalue weighted by Gasteiger charge is -2.05. The Morgan fingerprint density at radius 3 is 2.50 bits per heavy atom. The van der Waals surface area contributed by atoms with Gasteiger partial charge in [-0.25, -0.2) is 0 Å². The molecule has 4 nitrogen and oxygen atoms in total. The molecule has 0 unspecified atom stereocenters. The zero-order chi connectivity index (χ0) is 13.0. The first-order valence-electron chi connectivity index (χ1n) is 5.50. The number of ether oxygens (including phenoxy) is 1. The Balaban J connectivity index is 2.04. The van der Waals surface area contributed by atoms with Crippen LogP contribution in [0.3, 0.4) is 0 Å². The Bertz CT molecular complexity index is 589. The van der Waals surface area contributed by atoms with E-state index in [0.29, 0.717) is 5.75 Å².